The first-order valence-corrected chi connectivity index (χ1v) is 8.05. The van der Waals surface area contributed by atoms with Gasteiger partial charge in [-0.25, -0.2) is 13.4 Å². The number of anilines is 1. The number of nitrogens with one attached hydrogen (secondary N) is 1. The molecule has 0 radical (unpaired) electrons. The second-order valence-corrected chi connectivity index (χ2v) is 6.94. The normalized spacial score (nSPS) is 13.8. The molecule has 0 saturated carbocycles. The highest BCUT2D eigenvalue weighted by molar-refractivity contribution is 7.91. The average molecular weight is 281 g/mol. The topological polar surface area (TPSA) is 88.8 Å². The molecular formula is C13H19N3O2S. The lowest BCUT2D eigenvalue weighted by atomic mass is 10.1. The fraction of sp³-hybridized carbons (Fsp3) is 0.462. The van der Waals surface area contributed by atoms with Gasteiger partial charge in [-0.3, -0.25) is 0 Å². The highest BCUT2D eigenvalue weighted by Gasteiger charge is 2.21. The van der Waals surface area contributed by atoms with Crippen molar-refractivity contribution in [3.63, 3.8) is 0 Å². The van der Waals surface area contributed by atoms with E-state index < -0.39 is 9.84 Å². The molecule has 19 heavy (non-hydrogen) atoms. The molecule has 6 heteroatoms. The number of rotatable bonds is 5. The quantitative estimate of drug-likeness (QED) is 0.823. The van der Waals surface area contributed by atoms with Gasteiger partial charge in [-0.1, -0.05) is 20.3 Å². The van der Waals surface area contributed by atoms with Crippen LogP contribution in [0.3, 0.4) is 0 Å². The van der Waals surface area contributed by atoms with Gasteiger partial charge in [-0.2, -0.15) is 0 Å². The Kier molecular flexibility index (Phi) is 3.80. The minimum Gasteiger partial charge on any atom is -0.399 e. The van der Waals surface area contributed by atoms with E-state index in [1.54, 1.807) is 18.2 Å². The van der Waals surface area contributed by atoms with Gasteiger partial charge in [0.25, 0.3) is 0 Å². The van der Waals surface area contributed by atoms with Crippen molar-refractivity contribution < 1.29 is 8.42 Å². The molecule has 0 aliphatic carbocycles. The molecule has 2 rings (SSSR count). The van der Waals surface area contributed by atoms with Gasteiger partial charge < -0.3 is 10.7 Å². The van der Waals surface area contributed by atoms with E-state index in [4.69, 9.17) is 5.73 Å². The molecule has 0 fully saturated rings. The summed E-state index contributed by atoms with van der Waals surface area (Å²) in [6, 6.07) is 5.12. The van der Waals surface area contributed by atoms with E-state index in [0.29, 0.717) is 16.7 Å². The highest BCUT2D eigenvalue weighted by Crippen LogP contribution is 2.20. The second-order valence-electron chi connectivity index (χ2n) is 4.99. The van der Waals surface area contributed by atoms with Crippen LogP contribution in [0.25, 0.3) is 11.0 Å². The third-order valence-electron chi connectivity index (χ3n) is 3.06. The minimum absolute atomic E-state index is 0.0380. The SMILES string of the molecule is CCCC(C)CS(=O)(=O)c1nc2ccc(N)cc2[nH]1. The molecule has 1 heterocycles. The van der Waals surface area contributed by atoms with Crippen molar-refractivity contribution in [2.45, 2.75) is 31.8 Å². The van der Waals surface area contributed by atoms with Gasteiger partial charge in [0.2, 0.25) is 15.0 Å². The minimum atomic E-state index is -3.36. The number of hydrogen-bond donors (Lipinski definition) is 2. The predicted octanol–water partition coefficient (Wildman–Crippen LogP) is 2.35. The summed E-state index contributed by atoms with van der Waals surface area (Å²) in [6.45, 7) is 3.99. The first-order chi connectivity index (χ1) is 8.92. The van der Waals surface area contributed by atoms with Crippen LogP contribution in [-0.2, 0) is 9.84 Å². The number of fused-ring (bicyclic) bond motifs is 1. The predicted molar refractivity (Wildman–Crippen MR) is 76.6 cm³/mol. The van der Waals surface area contributed by atoms with Crippen LogP contribution in [0.2, 0.25) is 0 Å². The van der Waals surface area contributed by atoms with Crippen LogP contribution >= 0.6 is 0 Å². The summed E-state index contributed by atoms with van der Waals surface area (Å²) < 4.78 is 24.5. The zero-order valence-electron chi connectivity index (χ0n) is 11.2. The van der Waals surface area contributed by atoms with Gasteiger partial charge >= 0.3 is 0 Å². The van der Waals surface area contributed by atoms with Gasteiger partial charge in [0, 0.05) is 5.69 Å². The van der Waals surface area contributed by atoms with Crippen molar-refractivity contribution in [3.05, 3.63) is 18.2 Å². The summed E-state index contributed by atoms with van der Waals surface area (Å²) in [6.07, 6.45) is 1.87. The first kappa shape index (κ1) is 13.9. The second kappa shape index (κ2) is 5.21. The monoisotopic (exact) mass is 281 g/mol. The summed E-state index contributed by atoms with van der Waals surface area (Å²) in [5, 5.41) is 0.0380. The lowest BCUT2D eigenvalue weighted by Crippen LogP contribution is -2.15. The molecule has 0 bridgehead atoms. The van der Waals surface area contributed by atoms with Gasteiger partial charge in [-0.15, -0.1) is 0 Å². The number of sulfone groups is 1. The van der Waals surface area contributed by atoms with Crippen LogP contribution in [0.5, 0.6) is 0 Å². The Morgan fingerprint density at radius 1 is 1.42 bits per heavy atom. The van der Waals surface area contributed by atoms with Gasteiger partial charge in [-0.05, 0) is 30.5 Å². The Balaban J connectivity index is 2.32. The Morgan fingerprint density at radius 3 is 2.84 bits per heavy atom. The third-order valence-corrected chi connectivity index (χ3v) is 4.85. The molecule has 3 N–H and O–H groups in total. The van der Waals surface area contributed by atoms with Crippen molar-refractivity contribution in [2.75, 3.05) is 11.5 Å². The first-order valence-electron chi connectivity index (χ1n) is 6.40. The van der Waals surface area contributed by atoms with Crippen molar-refractivity contribution in [2.24, 2.45) is 5.92 Å². The Bertz CT molecular complexity index is 676. The van der Waals surface area contributed by atoms with Gasteiger partial charge in [0.1, 0.15) is 0 Å². The largest absolute Gasteiger partial charge is 0.399 e. The van der Waals surface area contributed by atoms with E-state index in [9.17, 15) is 8.42 Å². The van der Waals surface area contributed by atoms with Crippen molar-refractivity contribution in [3.8, 4) is 0 Å². The molecule has 2 aromatic rings. The molecule has 0 aliphatic heterocycles. The lowest BCUT2D eigenvalue weighted by molar-refractivity contribution is 0.541. The van der Waals surface area contributed by atoms with Crippen molar-refractivity contribution in [1.29, 1.82) is 0 Å². The lowest BCUT2D eigenvalue weighted by Gasteiger charge is -2.08. The maximum atomic E-state index is 12.2. The van der Waals surface area contributed by atoms with E-state index in [1.807, 2.05) is 13.8 Å². The Hall–Kier alpha value is -1.56. The van der Waals surface area contributed by atoms with Gasteiger partial charge in [0.15, 0.2) is 0 Å². The standard InChI is InChI=1S/C13H19N3O2S/c1-3-4-9(2)8-19(17,18)13-15-11-6-5-10(14)7-12(11)16-13/h5-7,9H,3-4,8,14H2,1-2H3,(H,15,16). The zero-order valence-corrected chi connectivity index (χ0v) is 12.0. The summed E-state index contributed by atoms with van der Waals surface area (Å²) in [4.78, 5) is 6.98. The number of nitrogens with zero attached hydrogens (tertiary/aromatic N) is 1. The van der Waals surface area contributed by atoms with Crippen molar-refractivity contribution >= 4 is 26.6 Å². The number of nitrogen functional groups attached to an aromatic ring is 1. The number of aromatic amines is 1. The molecule has 1 aromatic carbocycles. The van der Waals surface area contributed by atoms with E-state index in [1.165, 1.54) is 0 Å². The molecule has 0 spiro atoms. The number of benzene rings is 1. The van der Waals surface area contributed by atoms with Crippen LogP contribution in [-0.4, -0.2) is 24.1 Å². The van der Waals surface area contributed by atoms with Crippen LogP contribution < -0.4 is 5.73 Å². The molecule has 0 aliphatic rings. The molecule has 0 saturated heterocycles. The molecule has 1 unspecified atom stereocenters. The van der Waals surface area contributed by atoms with E-state index in [2.05, 4.69) is 9.97 Å². The maximum Gasteiger partial charge on any atom is 0.226 e. The zero-order chi connectivity index (χ0) is 14.0. The van der Waals surface area contributed by atoms with Crippen LogP contribution in [0.1, 0.15) is 26.7 Å². The molecule has 5 nitrogen and oxygen atoms in total. The highest BCUT2D eigenvalue weighted by atomic mass is 32.2. The number of nitrogens with two attached hydrogens (primary N) is 1. The Labute approximate surface area is 113 Å². The van der Waals surface area contributed by atoms with Crippen LogP contribution in [0.4, 0.5) is 5.69 Å². The molecule has 1 atom stereocenters. The number of hydrogen-bond acceptors (Lipinski definition) is 4. The molecule has 1 aromatic heterocycles. The summed E-state index contributed by atoms with van der Waals surface area (Å²) in [5.41, 5.74) is 7.52. The fourth-order valence-corrected chi connectivity index (χ4v) is 3.76. The molecule has 104 valence electrons. The Morgan fingerprint density at radius 2 is 2.16 bits per heavy atom. The van der Waals surface area contributed by atoms with Gasteiger partial charge in [0.05, 0.1) is 16.8 Å². The molecule has 0 amide bonds. The summed E-state index contributed by atoms with van der Waals surface area (Å²) >= 11 is 0. The van der Waals surface area contributed by atoms with E-state index in [0.717, 1.165) is 12.8 Å². The summed E-state index contributed by atoms with van der Waals surface area (Å²) in [7, 11) is -3.36. The number of H-pyrrole nitrogens is 1. The molecular weight excluding hydrogens is 262 g/mol. The number of imidazole rings is 1. The fourth-order valence-electron chi connectivity index (χ4n) is 2.18. The van der Waals surface area contributed by atoms with E-state index in [-0.39, 0.29) is 16.8 Å². The summed E-state index contributed by atoms with van der Waals surface area (Å²) in [5.74, 6) is 0.254. The maximum absolute atomic E-state index is 12.2. The average Bonchev–Trinajstić information content (AvgIpc) is 2.72. The third kappa shape index (κ3) is 3.07. The number of aromatic nitrogens is 2. The van der Waals surface area contributed by atoms with E-state index >= 15 is 0 Å². The van der Waals surface area contributed by atoms with Crippen molar-refractivity contribution in [1.82, 2.24) is 9.97 Å². The van der Waals surface area contributed by atoms with Crippen LogP contribution in [0.15, 0.2) is 23.4 Å². The smallest absolute Gasteiger partial charge is 0.226 e. The van der Waals surface area contributed by atoms with Crippen LogP contribution in [0, 0.1) is 5.92 Å².